The van der Waals surface area contributed by atoms with E-state index in [0.717, 1.165) is 28.6 Å². The molecule has 0 unspecified atom stereocenters. The molecule has 1 aliphatic rings. The van der Waals surface area contributed by atoms with E-state index in [-0.39, 0.29) is 5.91 Å². The molecule has 0 saturated carbocycles. The summed E-state index contributed by atoms with van der Waals surface area (Å²) in [5.74, 6) is 0.927. The third kappa shape index (κ3) is 4.39. The Balaban J connectivity index is 1.59. The number of methoxy groups -OCH3 is 1. The maximum absolute atomic E-state index is 13.6. The van der Waals surface area contributed by atoms with Gasteiger partial charge in [0.2, 0.25) is 0 Å². The monoisotopic (exact) mass is 494 g/mol. The molecule has 2 atom stereocenters. The van der Waals surface area contributed by atoms with Crippen LogP contribution in [-0.4, -0.2) is 35.5 Å². The SMILES string of the molecule is COc1ccc2[nH]c3c(c2c1)CCN(C(=O)[C@H](C)Oc1ccccc1)[C@H]3c1cccc(C(F)(F)F)c1. The minimum Gasteiger partial charge on any atom is -0.497 e. The zero-order chi connectivity index (χ0) is 25.4. The van der Waals surface area contributed by atoms with Crippen molar-refractivity contribution in [3.63, 3.8) is 0 Å². The fraction of sp³-hybridized carbons (Fsp3) is 0.250. The zero-order valence-corrected chi connectivity index (χ0v) is 19.8. The van der Waals surface area contributed by atoms with Crippen LogP contribution in [0.4, 0.5) is 13.2 Å². The Hall–Kier alpha value is -3.94. The van der Waals surface area contributed by atoms with E-state index in [0.29, 0.717) is 35.7 Å². The molecule has 0 aliphatic carbocycles. The third-order valence-corrected chi connectivity index (χ3v) is 6.55. The molecule has 1 aromatic heterocycles. The molecule has 1 aliphatic heterocycles. The van der Waals surface area contributed by atoms with Crippen molar-refractivity contribution < 1.29 is 27.4 Å². The molecular formula is C28H25F3N2O3. The van der Waals surface area contributed by atoms with E-state index in [9.17, 15) is 18.0 Å². The van der Waals surface area contributed by atoms with Crippen molar-refractivity contribution in [1.29, 1.82) is 0 Å². The van der Waals surface area contributed by atoms with Gasteiger partial charge in [0.25, 0.3) is 5.91 Å². The minimum atomic E-state index is -4.50. The molecule has 4 aromatic rings. The molecule has 0 radical (unpaired) electrons. The smallest absolute Gasteiger partial charge is 0.416 e. The first-order chi connectivity index (χ1) is 17.3. The van der Waals surface area contributed by atoms with Gasteiger partial charge in [-0.3, -0.25) is 4.79 Å². The van der Waals surface area contributed by atoms with Gasteiger partial charge in [-0.05, 0) is 66.9 Å². The predicted molar refractivity (Wildman–Crippen MR) is 130 cm³/mol. The van der Waals surface area contributed by atoms with E-state index in [1.807, 2.05) is 36.4 Å². The number of amides is 1. The molecule has 0 fully saturated rings. The van der Waals surface area contributed by atoms with Crippen LogP contribution in [0.5, 0.6) is 11.5 Å². The third-order valence-electron chi connectivity index (χ3n) is 6.55. The van der Waals surface area contributed by atoms with Crippen LogP contribution in [0, 0.1) is 0 Å². The second-order valence-corrected chi connectivity index (χ2v) is 8.81. The fourth-order valence-corrected chi connectivity index (χ4v) is 4.85. The molecule has 5 nitrogen and oxygen atoms in total. The fourth-order valence-electron chi connectivity index (χ4n) is 4.85. The number of carbonyl (C=O) groups is 1. The van der Waals surface area contributed by atoms with Crippen LogP contribution in [0.3, 0.4) is 0 Å². The molecular weight excluding hydrogens is 469 g/mol. The van der Waals surface area contributed by atoms with Crippen molar-refractivity contribution in [1.82, 2.24) is 9.88 Å². The van der Waals surface area contributed by atoms with Gasteiger partial charge in [0.05, 0.1) is 18.7 Å². The summed E-state index contributed by atoms with van der Waals surface area (Å²) < 4.78 is 52.0. The average molecular weight is 495 g/mol. The molecule has 1 N–H and O–H groups in total. The van der Waals surface area contributed by atoms with E-state index in [2.05, 4.69) is 4.98 Å². The van der Waals surface area contributed by atoms with Crippen LogP contribution in [-0.2, 0) is 17.4 Å². The van der Waals surface area contributed by atoms with E-state index in [1.54, 1.807) is 37.1 Å². The molecule has 3 aromatic carbocycles. The maximum Gasteiger partial charge on any atom is 0.416 e. The van der Waals surface area contributed by atoms with Crippen LogP contribution in [0.2, 0.25) is 0 Å². The molecule has 2 heterocycles. The highest BCUT2D eigenvalue weighted by Gasteiger charge is 2.38. The summed E-state index contributed by atoms with van der Waals surface area (Å²) in [7, 11) is 1.58. The molecule has 0 spiro atoms. The molecule has 0 bridgehead atoms. The Bertz CT molecular complexity index is 1400. The van der Waals surface area contributed by atoms with Gasteiger partial charge in [-0.15, -0.1) is 0 Å². The molecule has 0 saturated heterocycles. The summed E-state index contributed by atoms with van der Waals surface area (Å²) >= 11 is 0. The lowest BCUT2D eigenvalue weighted by Gasteiger charge is -2.37. The van der Waals surface area contributed by atoms with Gasteiger partial charge in [0, 0.05) is 23.1 Å². The van der Waals surface area contributed by atoms with Crippen molar-refractivity contribution >= 4 is 16.8 Å². The van der Waals surface area contributed by atoms with Gasteiger partial charge in [-0.2, -0.15) is 13.2 Å². The van der Waals surface area contributed by atoms with Crippen molar-refractivity contribution in [2.24, 2.45) is 0 Å². The summed E-state index contributed by atoms with van der Waals surface area (Å²) in [5, 5.41) is 0.932. The number of aromatic nitrogens is 1. The van der Waals surface area contributed by atoms with Crippen molar-refractivity contribution in [3.05, 3.63) is 95.2 Å². The van der Waals surface area contributed by atoms with E-state index in [4.69, 9.17) is 9.47 Å². The number of H-pyrrole nitrogens is 1. The number of fused-ring (bicyclic) bond motifs is 3. The summed E-state index contributed by atoms with van der Waals surface area (Å²) in [4.78, 5) is 18.6. The molecule has 8 heteroatoms. The van der Waals surface area contributed by atoms with Crippen molar-refractivity contribution in [3.8, 4) is 11.5 Å². The minimum absolute atomic E-state index is 0.303. The number of aromatic amines is 1. The standard InChI is InChI=1S/C28H25F3N2O3/c1-17(36-20-9-4-3-5-10-20)27(34)33-14-13-22-23-16-21(35-2)11-12-24(23)32-25(22)26(33)18-7-6-8-19(15-18)28(29,30)31/h3-12,15-17,26,32H,13-14H2,1-2H3/t17-,26-/m0/s1. The maximum atomic E-state index is 13.6. The number of para-hydroxylation sites is 1. The summed E-state index contributed by atoms with van der Waals surface area (Å²) in [6.45, 7) is 1.99. The Morgan fingerprint density at radius 1 is 1.03 bits per heavy atom. The number of nitrogens with one attached hydrogen (secondary N) is 1. The Kier molecular flexibility index (Phi) is 6.12. The van der Waals surface area contributed by atoms with Crippen LogP contribution in [0.15, 0.2) is 72.8 Å². The second kappa shape index (κ2) is 9.26. The highest BCUT2D eigenvalue weighted by Crippen LogP contribution is 2.41. The first-order valence-corrected chi connectivity index (χ1v) is 11.6. The number of nitrogens with zero attached hydrogens (tertiary/aromatic N) is 1. The number of hydrogen-bond donors (Lipinski definition) is 1. The largest absolute Gasteiger partial charge is 0.497 e. The van der Waals surface area contributed by atoms with Crippen LogP contribution >= 0.6 is 0 Å². The Morgan fingerprint density at radius 2 is 1.81 bits per heavy atom. The quantitative estimate of drug-likeness (QED) is 0.363. The zero-order valence-electron chi connectivity index (χ0n) is 19.8. The van der Waals surface area contributed by atoms with Gasteiger partial charge < -0.3 is 19.4 Å². The van der Waals surface area contributed by atoms with Crippen LogP contribution < -0.4 is 9.47 Å². The summed E-state index contributed by atoms with van der Waals surface area (Å²) in [5.41, 5.74) is 2.12. The van der Waals surface area contributed by atoms with Crippen LogP contribution in [0.1, 0.15) is 35.3 Å². The van der Waals surface area contributed by atoms with Gasteiger partial charge in [-0.1, -0.05) is 30.3 Å². The number of rotatable bonds is 5. The number of halogens is 3. The average Bonchev–Trinajstić information content (AvgIpc) is 3.25. The molecule has 5 rings (SSSR count). The van der Waals surface area contributed by atoms with Gasteiger partial charge in [-0.25, -0.2) is 0 Å². The van der Waals surface area contributed by atoms with Crippen molar-refractivity contribution in [2.75, 3.05) is 13.7 Å². The number of ether oxygens (including phenoxy) is 2. The van der Waals surface area contributed by atoms with E-state index >= 15 is 0 Å². The van der Waals surface area contributed by atoms with E-state index < -0.39 is 23.9 Å². The highest BCUT2D eigenvalue weighted by atomic mass is 19.4. The summed E-state index contributed by atoms with van der Waals surface area (Å²) in [6.07, 6.45) is -4.78. The number of hydrogen-bond acceptors (Lipinski definition) is 3. The molecule has 36 heavy (non-hydrogen) atoms. The van der Waals surface area contributed by atoms with Crippen LogP contribution in [0.25, 0.3) is 10.9 Å². The Morgan fingerprint density at radius 3 is 2.53 bits per heavy atom. The van der Waals surface area contributed by atoms with Gasteiger partial charge >= 0.3 is 6.18 Å². The summed E-state index contributed by atoms with van der Waals surface area (Å²) in [6, 6.07) is 19.0. The van der Waals surface area contributed by atoms with Crippen molar-refractivity contribution in [2.45, 2.75) is 31.7 Å². The first-order valence-electron chi connectivity index (χ1n) is 11.6. The second-order valence-electron chi connectivity index (χ2n) is 8.81. The van der Waals surface area contributed by atoms with Gasteiger partial charge in [0.1, 0.15) is 11.5 Å². The number of benzene rings is 3. The van der Waals surface area contributed by atoms with Gasteiger partial charge in [0.15, 0.2) is 6.10 Å². The number of carbonyl (C=O) groups excluding carboxylic acids is 1. The van der Waals surface area contributed by atoms with E-state index in [1.165, 1.54) is 6.07 Å². The lowest BCUT2D eigenvalue weighted by molar-refractivity contribution is -0.140. The highest BCUT2D eigenvalue weighted by molar-refractivity contribution is 5.88. The lowest BCUT2D eigenvalue weighted by Crippen LogP contribution is -2.46. The topological polar surface area (TPSA) is 54.6 Å². The Labute approximate surface area is 206 Å². The first kappa shape index (κ1) is 23.8. The normalized spacial score (nSPS) is 16.5. The number of alkyl halides is 3. The predicted octanol–water partition coefficient (Wildman–Crippen LogP) is 6.14. The molecule has 1 amide bonds. The lowest BCUT2D eigenvalue weighted by atomic mass is 9.91. The molecule has 186 valence electrons.